The van der Waals surface area contributed by atoms with E-state index in [9.17, 15) is 4.79 Å². The summed E-state index contributed by atoms with van der Waals surface area (Å²) < 4.78 is 5.36. The van der Waals surface area contributed by atoms with Crippen molar-refractivity contribution in [1.29, 1.82) is 0 Å². The Kier molecular flexibility index (Phi) is 6.19. The van der Waals surface area contributed by atoms with Crippen LogP contribution < -0.4 is 10.5 Å². The number of nitrogens with two attached hydrogens (primary N) is 1. The summed E-state index contributed by atoms with van der Waals surface area (Å²) in [4.78, 5) is 17.4. The fourth-order valence-electron chi connectivity index (χ4n) is 4.26. The van der Waals surface area contributed by atoms with Gasteiger partial charge in [-0.05, 0) is 61.1 Å². The quantitative estimate of drug-likeness (QED) is 0.548. The molecular formula is C25H29N3O2. The van der Waals surface area contributed by atoms with Crippen molar-refractivity contribution in [3.05, 3.63) is 71.4 Å². The van der Waals surface area contributed by atoms with Gasteiger partial charge >= 0.3 is 0 Å². The Morgan fingerprint density at radius 2 is 2.03 bits per heavy atom. The predicted octanol–water partition coefficient (Wildman–Crippen LogP) is 4.39. The van der Waals surface area contributed by atoms with Crippen LogP contribution in [0.1, 0.15) is 40.7 Å². The average Bonchev–Trinajstić information content (AvgIpc) is 3.18. The SMILES string of the molecule is COc1cc2c(CCCCN3CC=C(c4ccccc4)CC3)c[nH]c2cc1C(N)=O. The summed E-state index contributed by atoms with van der Waals surface area (Å²) in [5.74, 6) is 0.0566. The average molecular weight is 404 g/mol. The largest absolute Gasteiger partial charge is 0.496 e. The number of carbonyl (C=O) groups excluding carboxylic acids is 1. The molecule has 1 aliphatic rings. The van der Waals surface area contributed by atoms with Gasteiger partial charge in [0.2, 0.25) is 0 Å². The third kappa shape index (κ3) is 4.41. The highest BCUT2D eigenvalue weighted by molar-refractivity contribution is 6.00. The molecule has 1 aliphatic heterocycles. The van der Waals surface area contributed by atoms with Crippen LogP contribution in [0, 0.1) is 0 Å². The number of fused-ring (bicyclic) bond motifs is 1. The summed E-state index contributed by atoms with van der Waals surface area (Å²) in [5.41, 5.74) is 10.9. The Labute approximate surface area is 177 Å². The molecule has 0 bridgehead atoms. The summed E-state index contributed by atoms with van der Waals surface area (Å²) in [5, 5.41) is 1.10. The van der Waals surface area contributed by atoms with Crippen molar-refractivity contribution in [2.75, 3.05) is 26.7 Å². The molecule has 0 saturated carbocycles. The zero-order valence-electron chi connectivity index (χ0n) is 17.5. The molecule has 3 N–H and O–H groups in total. The van der Waals surface area contributed by atoms with E-state index >= 15 is 0 Å². The van der Waals surface area contributed by atoms with Gasteiger partial charge in [0.15, 0.2) is 0 Å². The lowest BCUT2D eigenvalue weighted by molar-refractivity contribution is 0.0997. The van der Waals surface area contributed by atoms with Gasteiger partial charge in [-0.1, -0.05) is 36.4 Å². The zero-order valence-corrected chi connectivity index (χ0v) is 17.5. The molecule has 0 unspecified atom stereocenters. The summed E-state index contributed by atoms with van der Waals surface area (Å²) in [6.45, 7) is 3.28. The predicted molar refractivity (Wildman–Crippen MR) is 122 cm³/mol. The number of unbranched alkanes of at least 4 members (excludes halogenated alkanes) is 1. The summed E-state index contributed by atoms with van der Waals surface area (Å²) in [6.07, 6.45) is 8.81. The van der Waals surface area contributed by atoms with Crippen LogP contribution in [0.15, 0.2) is 54.7 Å². The number of aryl methyl sites for hydroxylation is 1. The molecule has 156 valence electrons. The highest BCUT2D eigenvalue weighted by Gasteiger charge is 2.15. The molecule has 0 spiro atoms. The van der Waals surface area contributed by atoms with Gasteiger partial charge in [0.1, 0.15) is 5.75 Å². The van der Waals surface area contributed by atoms with Crippen molar-refractivity contribution in [1.82, 2.24) is 9.88 Å². The van der Waals surface area contributed by atoms with E-state index in [1.807, 2.05) is 12.3 Å². The van der Waals surface area contributed by atoms with Gasteiger partial charge in [-0.2, -0.15) is 0 Å². The van der Waals surface area contributed by atoms with E-state index < -0.39 is 5.91 Å². The first kappa shape index (κ1) is 20.2. The molecule has 0 radical (unpaired) electrons. The highest BCUT2D eigenvalue weighted by atomic mass is 16.5. The molecule has 0 fully saturated rings. The molecule has 2 aromatic carbocycles. The number of H-pyrrole nitrogens is 1. The van der Waals surface area contributed by atoms with E-state index in [-0.39, 0.29) is 0 Å². The van der Waals surface area contributed by atoms with Crippen LogP contribution >= 0.6 is 0 Å². The highest BCUT2D eigenvalue weighted by Crippen LogP contribution is 2.29. The van der Waals surface area contributed by atoms with E-state index in [1.165, 1.54) is 16.7 Å². The van der Waals surface area contributed by atoms with Gasteiger partial charge in [-0.15, -0.1) is 0 Å². The van der Waals surface area contributed by atoms with Crippen LogP contribution in [-0.2, 0) is 6.42 Å². The third-order valence-corrected chi connectivity index (χ3v) is 5.96. The lowest BCUT2D eigenvalue weighted by Crippen LogP contribution is -2.29. The van der Waals surface area contributed by atoms with E-state index in [1.54, 1.807) is 13.2 Å². The van der Waals surface area contributed by atoms with E-state index in [2.05, 4.69) is 46.3 Å². The Balaban J connectivity index is 1.30. The lowest BCUT2D eigenvalue weighted by Gasteiger charge is -2.26. The summed E-state index contributed by atoms with van der Waals surface area (Å²) >= 11 is 0. The minimum absolute atomic E-state index is 0.409. The van der Waals surface area contributed by atoms with Crippen LogP contribution in [0.4, 0.5) is 0 Å². The molecule has 0 saturated heterocycles. The first-order valence-corrected chi connectivity index (χ1v) is 10.6. The lowest BCUT2D eigenvalue weighted by atomic mass is 9.99. The molecule has 1 aromatic heterocycles. The van der Waals surface area contributed by atoms with Gasteiger partial charge in [-0.3, -0.25) is 9.69 Å². The number of aromatic amines is 1. The van der Waals surface area contributed by atoms with Gasteiger partial charge in [0.25, 0.3) is 5.91 Å². The fraction of sp³-hybridized carbons (Fsp3) is 0.320. The number of methoxy groups -OCH3 is 1. The normalized spacial score (nSPS) is 14.6. The van der Waals surface area contributed by atoms with E-state index in [0.29, 0.717) is 11.3 Å². The van der Waals surface area contributed by atoms with Crippen LogP contribution in [0.25, 0.3) is 16.5 Å². The first-order valence-electron chi connectivity index (χ1n) is 10.6. The van der Waals surface area contributed by atoms with Crippen LogP contribution in [0.3, 0.4) is 0 Å². The Bertz CT molecular complexity index is 1050. The number of amides is 1. The van der Waals surface area contributed by atoms with Gasteiger partial charge in [0, 0.05) is 30.2 Å². The summed E-state index contributed by atoms with van der Waals surface area (Å²) in [6, 6.07) is 14.4. The number of hydrogen-bond donors (Lipinski definition) is 2. The van der Waals surface area contributed by atoms with Crippen molar-refractivity contribution in [3.63, 3.8) is 0 Å². The maximum Gasteiger partial charge on any atom is 0.252 e. The number of primary amides is 1. The molecule has 4 rings (SSSR count). The fourth-order valence-corrected chi connectivity index (χ4v) is 4.26. The zero-order chi connectivity index (χ0) is 20.9. The number of nitrogens with zero attached hydrogens (tertiary/aromatic N) is 1. The number of ether oxygens (including phenoxy) is 1. The molecule has 3 aromatic rings. The second kappa shape index (κ2) is 9.18. The monoisotopic (exact) mass is 403 g/mol. The number of hydrogen-bond acceptors (Lipinski definition) is 3. The van der Waals surface area contributed by atoms with Crippen molar-refractivity contribution >= 4 is 22.4 Å². The Morgan fingerprint density at radius 3 is 2.73 bits per heavy atom. The standard InChI is InChI=1S/C25H29N3O2/c1-30-24-16-21-20(17-27-23(21)15-22(24)25(26)29)9-5-6-12-28-13-10-19(11-14-28)18-7-3-2-4-8-18/h2-4,7-8,10,15-17,27H,5-6,9,11-14H2,1H3,(H2,26,29). The van der Waals surface area contributed by atoms with Gasteiger partial charge in [0.05, 0.1) is 12.7 Å². The number of benzene rings is 2. The van der Waals surface area contributed by atoms with Gasteiger partial charge in [-0.25, -0.2) is 0 Å². The van der Waals surface area contributed by atoms with Crippen LogP contribution in [-0.4, -0.2) is 42.5 Å². The second-order valence-electron chi connectivity index (χ2n) is 7.88. The maximum atomic E-state index is 11.6. The number of nitrogens with one attached hydrogen (secondary N) is 1. The molecule has 2 heterocycles. The van der Waals surface area contributed by atoms with Crippen molar-refractivity contribution in [2.45, 2.75) is 25.7 Å². The van der Waals surface area contributed by atoms with Crippen LogP contribution in [0.2, 0.25) is 0 Å². The third-order valence-electron chi connectivity index (χ3n) is 5.96. The van der Waals surface area contributed by atoms with E-state index in [0.717, 1.165) is 56.2 Å². The molecule has 30 heavy (non-hydrogen) atoms. The maximum absolute atomic E-state index is 11.6. The van der Waals surface area contributed by atoms with Crippen LogP contribution in [0.5, 0.6) is 5.75 Å². The van der Waals surface area contributed by atoms with Gasteiger partial charge < -0.3 is 15.5 Å². The number of rotatable bonds is 8. The molecule has 1 amide bonds. The molecule has 0 atom stereocenters. The van der Waals surface area contributed by atoms with Crippen molar-refractivity contribution in [2.24, 2.45) is 5.73 Å². The van der Waals surface area contributed by atoms with Crippen molar-refractivity contribution in [3.8, 4) is 5.75 Å². The Morgan fingerprint density at radius 1 is 1.20 bits per heavy atom. The minimum atomic E-state index is -0.476. The van der Waals surface area contributed by atoms with E-state index in [4.69, 9.17) is 10.5 Å². The smallest absolute Gasteiger partial charge is 0.252 e. The topological polar surface area (TPSA) is 71.3 Å². The number of aromatic nitrogens is 1. The Hall–Kier alpha value is -3.05. The number of carbonyl (C=O) groups is 1. The molecule has 5 nitrogen and oxygen atoms in total. The van der Waals surface area contributed by atoms with Crippen molar-refractivity contribution < 1.29 is 9.53 Å². The first-order chi connectivity index (χ1) is 14.7. The summed E-state index contributed by atoms with van der Waals surface area (Å²) in [7, 11) is 1.57. The molecular weight excluding hydrogens is 374 g/mol. The molecule has 5 heteroatoms. The molecule has 0 aliphatic carbocycles. The second-order valence-corrected chi connectivity index (χ2v) is 7.88. The minimum Gasteiger partial charge on any atom is -0.496 e.